The van der Waals surface area contributed by atoms with Crippen LogP contribution in [-0.4, -0.2) is 14.8 Å². The van der Waals surface area contributed by atoms with Gasteiger partial charge in [0.05, 0.1) is 0 Å². The summed E-state index contributed by atoms with van der Waals surface area (Å²) in [5, 5.41) is 6.89. The topological polar surface area (TPSA) is 38.7 Å². The summed E-state index contributed by atoms with van der Waals surface area (Å²) < 4.78 is 4.38. The normalized spacial score (nSPS) is 8.83. The molecular weight excluding hydrogens is 213 g/mol. The van der Waals surface area contributed by atoms with Crippen molar-refractivity contribution in [2.24, 2.45) is 0 Å². The molecule has 0 aliphatic rings. The molecule has 0 aromatic carbocycles. The van der Waals surface area contributed by atoms with Gasteiger partial charge in [-0.25, -0.2) is 0 Å². The van der Waals surface area contributed by atoms with Crippen LogP contribution in [0.2, 0.25) is 0 Å². The van der Waals surface area contributed by atoms with E-state index in [-0.39, 0.29) is 0 Å². The highest BCUT2D eigenvalue weighted by Gasteiger charge is 1.83. The number of hydrogen-bond acceptors (Lipinski definition) is 4. The van der Waals surface area contributed by atoms with E-state index in [2.05, 4.69) is 37.4 Å². The quantitative estimate of drug-likeness (QED) is 0.590. The van der Waals surface area contributed by atoms with Gasteiger partial charge in [-0.2, -0.15) is 0 Å². The maximum absolute atomic E-state index is 3.56. The highest BCUT2D eigenvalue weighted by Crippen LogP contribution is 1.98. The molecular formula is CIN3S. The van der Waals surface area contributed by atoms with Crippen molar-refractivity contribution in [2.45, 2.75) is 0 Å². The Balaban J connectivity index is 3.05. The molecule has 0 aliphatic heterocycles. The van der Waals surface area contributed by atoms with Crippen molar-refractivity contribution in [3.8, 4) is 0 Å². The lowest BCUT2D eigenvalue weighted by molar-refractivity contribution is 0.946. The van der Waals surface area contributed by atoms with Crippen molar-refractivity contribution in [2.75, 3.05) is 0 Å². The van der Waals surface area contributed by atoms with Crippen LogP contribution in [-0.2, 0) is 0 Å². The Morgan fingerprint density at radius 2 is 2.50 bits per heavy atom. The molecule has 0 bridgehead atoms. The Morgan fingerprint density at radius 1 is 1.67 bits per heavy atom. The van der Waals surface area contributed by atoms with Crippen molar-refractivity contribution in [1.29, 1.82) is 0 Å². The number of rotatable bonds is 0. The summed E-state index contributed by atoms with van der Waals surface area (Å²) in [5.41, 5.74) is 0. The van der Waals surface area contributed by atoms with Gasteiger partial charge in [0, 0.05) is 11.5 Å². The van der Waals surface area contributed by atoms with Crippen molar-refractivity contribution in [1.82, 2.24) is 14.8 Å². The van der Waals surface area contributed by atoms with Gasteiger partial charge in [-0.05, 0) is 27.8 Å². The van der Waals surface area contributed by atoms with Crippen LogP contribution in [0.1, 0.15) is 0 Å². The van der Waals surface area contributed by atoms with E-state index < -0.39 is 0 Å². The molecule has 0 aliphatic carbocycles. The number of aromatic nitrogens is 3. The third-order valence-corrected chi connectivity index (χ3v) is 1.47. The third-order valence-electron chi connectivity index (χ3n) is 0.276. The minimum atomic E-state index is 0.882. The van der Waals surface area contributed by atoms with Crippen LogP contribution in [0.15, 0.2) is 0 Å². The van der Waals surface area contributed by atoms with Gasteiger partial charge in [0.1, 0.15) is 0 Å². The van der Waals surface area contributed by atoms with Crippen LogP contribution in [0, 0.1) is 3.01 Å². The molecule has 0 saturated heterocycles. The first-order valence-electron chi connectivity index (χ1n) is 1.20. The number of hydrogen-bond donors (Lipinski definition) is 0. The average Bonchev–Trinajstić information content (AvgIpc) is 1.86. The predicted octanol–water partition coefficient (Wildman–Crippen LogP) is 0.538. The second-order valence-corrected chi connectivity index (χ2v) is 3.10. The monoisotopic (exact) mass is 213 g/mol. The molecule has 6 heavy (non-hydrogen) atoms. The number of nitrogens with zero attached hydrogens (tertiary/aromatic N) is 3. The maximum atomic E-state index is 3.56. The highest BCUT2D eigenvalue weighted by molar-refractivity contribution is 14.1. The third kappa shape index (κ3) is 0.839. The van der Waals surface area contributed by atoms with Gasteiger partial charge in [0.2, 0.25) is 0 Å². The second-order valence-electron chi connectivity index (χ2n) is 0.615. The van der Waals surface area contributed by atoms with Crippen LogP contribution in [0.25, 0.3) is 0 Å². The van der Waals surface area contributed by atoms with Gasteiger partial charge in [0.15, 0.2) is 3.01 Å². The molecule has 0 atom stereocenters. The van der Waals surface area contributed by atoms with Crippen molar-refractivity contribution < 1.29 is 0 Å². The summed E-state index contributed by atoms with van der Waals surface area (Å²) in [4.78, 5) is 0. The first-order chi connectivity index (χ1) is 2.89. The fourth-order valence-electron chi connectivity index (χ4n) is 0.124. The first kappa shape index (κ1) is 4.38. The van der Waals surface area contributed by atoms with E-state index in [4.69, 9.17) is 0 Å². The molecule has 32 valence electrons. The van der Waals surface area contributed by atoms with E-state index in [0.717, 1.165) is 3.01 Å². The summed E-state index contributed by atoms with van der Waals surface area (Å²) in [6.45, 7) is 0. The highest BCUT2D eigenvalue weighted by atomic mass is 127. The molecule has 0 N–H and O–H groups in total. The zero-order chi connectivity index (χ0) is 4.41. The Hall–Kier alpha value is 0.220. The van der Waals surface area contributed by atoms with Crippen LogP contribution in [0.5, 0.6) is 0 Å². The zero-order valence-electron chi connectivity index (χ0n) is 2.63. The summed E-state index contributed by atoms with van der Waals surface area (Å²) in [6.07, 6.45) is 0. The standard InChI is InChI=1S/CIN3S/c2-1-3-4-5-6-1. The van der Waals surface area contributed by atoms with Crippen molar-refractivity contribution in [3.05, 3.63) is 3.01 Å². The lowest BCUT2D eigenvalue weighted by atomic mass is 11.6. The Labute approximate surface area is 52.1 Å². The van der Waals surface area contributed by atoms with E-state index in [1.165, 1.54) is 11.5 Å². The molecule has 5 heteroatoms. The fourth-order valence-corrected chi connectivity index (χ4v) is 0.698. The van der Waals surface area contributed by atoms with Crippen molar-refractivity contribution >= 4 is 34.1 Å². The molecule has 1 aromatic rings. The van der Waals surface area contributed by atoms with E-state index in [9.17, 15) is 0 Å². The van der Waals surface area contributed by atoms with E-state index in [1.807, 2.05) is 0 Å². The van der Waals surface area contributed by atoms with E-state index in [1.54, 1.807) is 0 Å². The smallest absolute Gasteiger partial charge is 0.110 e. The van der Waals surface area contributed by atoms with Crippen molar-refractivity contribution in [3.63, 3.8) is 0 Å². The van der Waals surface area contributed by atoms with E-state index >= 15 is 0 Å². The van der Waals surface area contributed by atoms with Crippen LogP contribution < -0.4 is 0 Å². The van der Waals surface area contributed by atoms with Gasteiger partial charge >= 0.3 is 0 Å². The van der Waals surface area contributed by atoms with Crippen LogP contribution >= 0.6 is 34.1 Å². The van der Waals surface area contributed by atoms with Gasteiger partial charge in [-0.3, -0.25) is 0 Å². The zero-order valence-corrected chi connectivity index (χ0v) is 5.60. The minimum Gasteiger partial charge on any atom is -0.110 e. The molecule has 1 rings (SSSR count). The number of halogens is 1. The summed E-state index contributed by atoms with van der Waals surface area (Å²) in [5.74, 6) is 0. The Morgan fingerprint density at radius 3 is 2.67 bits per heavy atom. The minimum absolute atomic E-state index is 0.882. The van der Waals surface area contributed by atoms with Crippen LogP contribution in [0.4, 0.5) is 0 Å². The molecule has 1 aromatic heterocycles. The summed E-state index contributed by atoms with van der Waals surface area (Å²) >= 11 is 3.35. The lowest BCUT2D eigenvalue weighted by Crippen LogP contribution is -1.65. The SMILES string of the molecule is Ic1nnns1. The average molecular weight is 213 g/mol. The molecule has 3 nitrogen and oxygen atoms in total. The van der Waals surface area contributed by atoms with E-state index in [0.29, 0.717) is 0 Å². The van der Waals surface area contributed by atoms with Gasteiger partial charge in [-0.1, -0.05) is 4.49 Å². The molecule has 0 fully saturated rings. The molecule has 0 unspecified atom stereocenters. The van der Waals surface area contributed by atoms with Gasteiger partial charge in [0.25, 0.3) is 0 Å². The Kier molecular flexibility index (Phi) is 1.30. The summed E-state index contributed by atoms with van der Waals surface area (Å²) in [6, 6.07) is 0. The molecule has 0 spiro atoms. The fraction of sp³-hybridized carbons (Fsp3) is 0. The first-order valence-corrected chi connectivity index (χ1v) is 3.05. The second kappa shape index (κ2) is 1.78. The molecule has 0 saturated carbocycles. The predicted molar refractivity (Wildman–Crippen MR) is 30.4 cm³/mol. The van der Waals surface area contributed by atoms with Gasteiger partial charge < -0.3 is 0 Å². The lowest BCUT2D eigenvalue weighted by Gasteiger charge is -1.55. The largest absolute Gasteiger partial charge is 0.197 e. The summed E-state index contributed by atoms with van der Waals surface area (Å²) in [7, 11) is 0. The van der Waals surface area contributed by atoms with Gasteiger partial charge in [-0.15, -0.1) is 5.10 Å². The van der Waals surface area contributed by atoms with Crippen LogP contribution in [0.3, 0.4) is 0 Å². The molecule has 0 amide bonds. The molecule has 1 heterocycles. The Bertz CT molecular complexity index is 114. The maximum Gasteiger partial charge on any atom is 0.197 e. The molecule has 0 radical (unpaired) electrons.